The average Bonchev–Trinajstić information content (AvgIpc) is 2.62. The van der Waals surface area contributed by atoms with Crippen LogP contribution in [0, 0.1) is 0 Å². The molecule has 0 aliphatic heterocycles. The van der Waals surface area contributed by atoms with Gasteiger partial charge < -0.3 is 10.6 Å². The van der Waals surface area contributed by atoms with Crippen LogP contribution < -0.4 is 10.6 Å². The Hall–Kier alpha value is -2.05. The van der Waals surface area contributed by atoms with Crippen LogP contribution in [0.1, 0.15) is 20.8 Å². The van der Waals surface area contributed by atoms with Crippen molar-refractivity contribution in [2.24, 2.45) is 0 Å². The summed E-state index contributed by atoms with van der Waals surface area (Å²) < 4.78 is 43.8. The fourth-order valence-electron chi connectivity index (χ4n) is 1.98. The van der Waals surface area contributed by atoms with Gasteiger partial charge in [-0.15, -0.1) is 0 Å². The third-order valence-corrected chi connectivity index (χ3v) is 5.53. The van der Waals surface area contributed by atoms with Gasteiger partial charge in [0.05, 0.1) is 9.79 Å². The van der Waals surface area contributed by atoms with Crippen LogP contribution in [0.5, 0.6) is 0 Å². The summed E-state index contributed by atoms with van der Waals surface area (Å²) in [4.78, 5) is 31.7. The van der Waals surface area contributed by atoms with E-state index in [1.54, 1.807) is 0 Å². The van der Waals surface area contributed by atoms with Crippen LogP contribution in [-0.4, -0.2) is 63.3 Å². The van der Waals surface area contributed by atoms with Gasteiger partial charge in [-0.3, -0.25) is 14.4 Å². The quantitative estimate of drug-likeness (QED) is 0.451. The monoisotopic (exact) mass is 464 g/mol. The predicted molar refractivity (Wildman–Crippen MR) is 115 cm³/mol. The Morgan fingerprint density at radius 1 is 0.700 bits per heavy atom. The Kier molecular flexibility index (Phi) is 11.7. The van der Waals surface area contributed by atoms with Gasteiger partial charge in [0.15, 0.2) is 0 Å². The number of carbonyl (C=O) groups excluding carboxylic acids is 3. The fraction of sp³-hybridized carbons (Fsp3) is 0.167. The zero-order valence-corrected chi connectivity index (χ0v) is 17.5. The van der Waals surface area contributed by atoms with Crippen molar-refractivity contribution in [2.75, 3.05) is 10.6 Å². The van der Waals surface area contributed by atoms with Crippen molar-refractivity contribution in [1.82, 2.24) is 0 Å². The third-order valence-electron chi connectivity index (χ3n) is 3.23. The zero-order valence-electron chi connectivity index (χ0n) is 15.8. The third kappa shape index (κ3) is 9.18. The van der Waals surface area contributed by atoms with Gasteiger partial charge in [-0.2, -0.15) is 0 Å². The van der Waals surface area contributed by atoms with E-state index in [1.807, 2.05) is 0 Å². The minimum atomic E-state index is -3.65. The van der Waals surface area contributed by atoms with E-state index >= 15 is 0 Å². The molecule has 0 heterocycles. The van der Waals surface area contributed by atoms with Crippen LogP contribution in [0.25, 0.3) is 0 Å². The van der Waals surface area contributed by atoms with Gasteiger partial charge in [-0.1, -0.05) is 0 Å². The first-order valence-electron chi connectivity index (χ1n) is 8.09. The molecule has 0 radical (unpaired) electrons. The topological polar surface area (TPSA) is 144 Å². The van der Waals surface area contributed by atoms with E-state index in [0.717, 1.165) is 6.92 Å². The molecule has 0 aromatic heterocycles. The van der Waals surface area contributed by atoms with Crippen LogP contribution in [0.15, 0.2) is 58.3 Å². The van der Waals surface area contributed by atoms with Gasteiger partial charge in [-0.05, 0) is 48.5 Å². The van der Waals surface area contributed by atoms with E-state index in [2.05, 4.69) is 10.6 Å². The molecule has 158 valence electrons. The second-order valence-electron chi connectivity index (χ2n) is 5.69. The molecule has 0 aliphatic rings. The Bertz CT molecular complexity index is 1010. The molecule has 2 N–H and O–H groups in total. The van der Waals surface area contributed by atoms with Crippen molar-refractivity contribution >= 4 is 78.4 Å². The summed E-state index contributed by atoms with van der Waals surface area (Å²) in [7, 11) is -6.45. The summed E-state index contributed by atoms with van der Waals surface area (Å²) in [6.07, 6.45) is 0. The fourth-order valence-corrected chi connectivity index (χ4v) is 3.24. The summed E-state index contributed by atoms with van der Waals surface area (Å²) in [5.41, 5.74) is 1.05. The molecule has 12 heteroatoms. The van der Waals surface area contributed by atoms with Gasteiger partial charge in [-0.25, -0.2) is 16.8 Å². The number of hydrogen-bond donors (Lipinski definition) is 3. The molecule has 0 unspecified atom stereocenters. The first-order chi connectivity index (χ1) is 13.4. The van der Waals surface area contributed by atoms with Crippen molar-refractivity contribution in [3.8, 4) is 0 Å². The summed E-state index contributed by atoms with van der Waals surface area (Å²) in [5, 5.41) is 4.36. The van der Waals surface area contributed by atoms with Gasteiger partial charge in [0.25, 0.3) is 0 Å². The number of carbonyl (C=O) groups is 3. The van der Waals surface area contributed by atoms with Crippen LogP contribution in [0.2, 0.25) is 0 Å². The summed E-state index contributed by atoms with van der Waals surface area (Å²) in [5.74, 6) is -0.455. The number of sulfone groups is 1. The van der Waals surface area contributed by atoms with E-state index < -0.39 is 25.7 Å². The van der Waals surface area contributed by atoms with Crippen LogP contribution in [-0.2, 0) is 34.9 Å². The molecule has 0 aliphatic carbocycles. The molecule has 30 heavy (non-hydrogen) atoms. The van der Waals surface area contributed by atoms with Gasteiger partial charge in [0.1, 0.15) is 0 Å². The predicted octanol–water partition coefficient (Wildman–Crippen LogP) is 0.932. The Labute approximate surface area is 198 Å². The van der Waals surface area contributed by atoms with Crippen LogP contribution in [0.3, 0.4) is 0 Å². The molecule has 2 rings (SSSR count). The summed E-state index contributed by atoms with van der Waals surface area (Å²) in [6, 6.07) is 11.8. The first-order valence-corrected chi connectivity index (χ1v) is 10.7. The van der Waals surface area contributed by atoms with Gasteiger partial charge in [0.2, 0.25) is 37.5 Å². The van der Waals surface area contributed by atoms with E-state index in [9.17, 15) is 31.2 Å². The zero-order chi connectivity index (χ0) is 22.2. The Balaban J connectivity index is 0.00000105. The molecular weight excluding hydrogens is 443 g/mol. The van der Waals surface area contributed by atoms with Crippen molar-refractivity contribution in [3.05, 3.63) is 48.5 Å². The van der Waals surface area contributed by atoms with Gasteiger partial charge in [0, 0.05) is 32.1 Å². The molecule has 0 bridgehead atoms. The van der Waals surface area contributed by atoms with E-state index in [-0.39, 0.29) is 51.2 Å². The number of hydrogen-bond acceptors (Lipinski definition) is 7. The van der Waals surface area contributed by atoms with E-state index in [4.69, 9.17) is 0 Å². The Morgan fingerprint density at radius 2 is 0.967 bits per heavy atom. The average molecular weight is 464 g/mol. The second kappa shape index (κ2) is 12.6. The number of benzene rings is 2. The minimum absolute atomic E-state index is 0. The molecule has 9 nitrogen and oxygen atoms in total. The molecule has 2 aromatic carbocycles. The van der Waals surface area contributed by atoms with E-state index in [0.29, 0.717) is 11.4 Å². The normalized spacial score (nSPS) is 10.1. The van der Waals surface area contributed by atoms with Crippen LogP contribution >= 0.6 is 0 Å². The number of amides is 2. The van der Waals surface area contributed by atoms with Crippen molar-refractivity contribution < 1.29 is 31.2 Å². The molecule has 0 atom stereocenters. The molecule has 2 amide bonds. The molecule has 0 saturated carbocycles. The molecule has 2 aromatic rings. The first kappa shape index (κ1) is 27.9. The molecule has 0 spiro atoms. The van der Waals surface area contributed by atoms with E-state index in [1.165, 1.54) is 62.4 Å². The number of anilines is 2. The molecule has 0 saturated heterocycles. The number of thiol groups is 1. The molecule has 0 fully saturated rings. The summed E-state index contributed by atoms with van der Waals surface area (Å²) in [6.45, 7) is 3.76. The van der Waals surface area contributed by atoms with Crippen LogP contribution in [0.4, 0.5) is 11.4 Å². The summed E-state index contributed by atoms with van der Waals surface area (Å²) >= 11 is 0. The standard InChI is InChI=1S/C16H16N2O4S.C2H4O3S.Na.H/c1-11(19)17-13-3-7-15(8-4-13)23(21,22)16-9-5-14(6-10-16)18-12(2)20;1-2(3)6(4)5;;/h3-10H,1-2H3,(H,17,19)(H,18,20);6H,1H3;;. The number of rotatable bonds is 4. The van der Waals surface area contributed by atoms with Crippen molar-refractivity contribution in [2.45, 2.75) is 30.6 Å². The Morgan fingerprint density at radius 3 is 1.17 bits per heavy atom. The van der Waals surface area contributed by atoms with Crippen molar-refractivity contribution in [3.63, 3.8) is 0 Å². The number of nitrogens with one attached hydrogen (secondary N) is 2. The second-order valence-corrected chi connectivity index (χ2v) is 8.78. The van der Waals surface area contributed by atoms with Crippen molar-refractivity contribution in [1.29, 1.82) is 0 Å². The van der Waals surface area contributed by atoms with Gasteiger partial charge >= 0.3 is 29.6 Å². The SMILES string of the molecule is CC(=O)Nc1ccc(S(=O)(=O)c2ccc(NC(C)=O)cc2)cc1.CC(=O)[SH](=O)=O.[NaH]. The maximum atomic E-state index is 12.5. The maximum absolute atomic E-state index is 12.5. The molecular formula is C18H21N2NaO7S2.